The van der Waals surface area contributed by atoms with Crippen LogP contribution in [0.2, 0.25) is 10.0 Å². The maximum atomic E-state index is 6.28. The first-order valence-corrected chi connectivity index (χ1v) is 7.45. The van der Waals surface area contributed by atoms with Crippen LogP contribution < -0.4 is 5.32 Å². The van der Waals surface area contributed by atoms with Crippen LogP contribution in [0.5, 0.6) is 0 Å². The summed E-state index contributed by atoms with van der Waals surface area (Å²) in [6, 6.07) is 4.39. The molecule has 0 aromatic heterocycles. The average molecular weight is 286 g/mol. The molecule has 1 aliphatic rings. The molecule has 1 aromatic carbocycles. The Morgan fingerprint density at radius 1 is 1.11 bits per heavy atom. The predicted octanol–water partition coefficient (Wildman–Crippen LogP) is 5.54. The Labute approximate surface area is 120 Å². The predicted molar refractivity (Wildman–Crippen MR) is 80.8 cm³/mol. The minimum atomic E-state index is 0.505. The number of hydrogen-bond donors (Lipinski definition) is 1. The highest BCUT2D eigenvalue weighted by atomic mass is 35.5. The number of rotatable bonds is 2. The van der Waals surface area contributed by atoms with Gasteiger partial charge in [0, 0.05) is 11.1 Å². The Morgan fingerprint density at radius 2 is 1.83 bits per heavy atom. The van der Waals surface area contributed by atoms with E-state index in [1.165, 1.54) is 19.3 Å². The van der Waals surface area contributed by atoms with Gasteiger partial charge in [0.2, 0.25) is 0 Å². The Hall–Kier alpha value is -0.400. The number of halogens is 2. The number of benzene rings is 1. The summed E-state index contributed by atoms with van der Waals surface area (Å²) in [5.41, 5.74) is 2.00. The molecule has 0 amide bonds. The van der Waals surface area contributed by atoms with Crippen molar-refractivity contribution in [2.24, 2.45) is 11.8 Å². The second-order valence-corrected chi connectivity index (χ2v) is 6.54. The van der Waals surface area contributed by atoms with E-state index in [2.05, 4.69) is 19.2 Å². The monoisotopic (exact) mass is 285 g/mol. The van der Waals surface area contributed by atoms with E-state index >= 15 is 0 Å². The Bertz CT molecular complexity index is 431. The van der Waals surface area contributed by atoms with E-state index in [-0.39, 0.29) is 0 Å². The van der Waals surface area contributed by atoms with Gasteiger partial charge in [-0.05, 0) is 49.3 Å². The molecule has 0 radical (unpaired) electrons. The third kappa shape index (κ3) is 3.13. The maximum absolute atomic E-state index is 6.28. The molecular weight excluding hydrogens is 265 g/mol. The van der Waals surface area contributed by atoms with Gasteiger partial charge in [-0.2, -0.15) is 0 Å². The van der Waals surface area contributed by atoms with Gasteiger partial charge in [-0.25, -0.2) is 0 Å². The number of anilines is 1. The zero-order valence-corrected chi connectivity index (χ0v) is 12.8. The van der Waals surface area contributed by atoms with E-state index < -0.39 is 0 Å². The molecular formula is C15H21Cl2N. The van der Waals surface area contributed by atoms with Gasteiger partial charge in [0.25, 0.3) is 0 Å². The van der Waals surface area contributed by atoms with Crippen LogP contribution in [0.1, 0.15) is 38.7 Å². The van der Waals surface area contributed by atoms with Gasteiger partial charge in [0.05, 0.1) is 10.7 Å². The van der Waals surface area contributed by atoms with E-state index in [1.807, 2.05) is 19.1 Å². The summed E-state index contributed by atoms with van der Waals surface area (Å²) in [5, 5.41) is 5.12. The van der Waals surface area contributed by atoms with Gasteiger partial charge >= 0.3 is 0 Å². The topological polar surface area (TPSA) is 12.0 Å². The molecule has 100 valence electrons. The van der Waals surface area contributed by atoms with Gasteiger partial charge in [0.1, 0.15) is 0 Å². The first kappa shape index (κ1) is 14.0. The summed E-state index contributed by atoms with van der Waals surface area (Å²) in [6.07, 6.45) is 3.83. The van der Waals surface area contributed by atoms with E-state index in [9.17, 15) is 0 Å². The molecule has 1 N–H and O–H groups in total. The van der Waals surface area contributed by atoms with Crippen molar-refractivity contribution in [3.8, 4) is 0 Å². The molecule has 0 aliphatic heterocycles. The largest absolute Gasteiger partial charge is 0.381 e. The van der Waals surface area contributed by atoms with Crippen LogP contribution in [0.25, 0.3) is 0 Å². The second kappa shape index (κ2) is 5.71. The standard InChI is InChI=1S/C15H21Cl2N/c1-9-4-5-10(2)14(6-9)18-15-8-12(16)11(3)7-13(15)17/h7-10,14,18H,4-6H2,1-3H3. The van der Waals surface area contributed by atoms with Crippen LogP contribution in [0.3, 0.4) is 0 Å². The first-order valence-electron chi connectivity index (χ1n) is 6.69. The number of nitrogens with one attached hydrogen (secondary N) is 1. The van der Waals surface area contributed by atoms with Crippen molar-refractivity contribution in [2.75, 3.05) is 5.32 Å². The van der Waals surface area contributed by atoms with E-state index in [4.69, 9.17) is 23.2 Å². The molecule has 3 unspecified atom stereocenters. The molecule has 1 saturated carbocycles. The maximum Gasteiger partial charge on any atom is 0.0641 e. The highest BCUT2D eigenvalue weighted by molar-refractivity contribution is 6.35. The summed E-state index contributed by atoms with van der Waals surface area (Å²) >= 11 is 12.5. The molecule has 1 fully saturated rings. The summed E-state index contributed by atoms with van der Waals surface area (Å²) < 4.78 is 0. The molecule has 1 aromatic rings. The molecule has 1 aliphatic carbocycles. The third-order valence-electron chi connectivity index (χ3n) is 4.05. The minimum absolute atomic E-state index is 0.505. The molecule has 0 heterocycles. The smallest absolute Gasteiger partial charge is 0.0641 e. The summed E-state index contributed by atoms with van der Waals surface area (Å²) in [5.74, 6) is 1.48. The molecule has 0 bridgehead atoms. The van der Waals surface area contributed by atoms with Crippen LogP contribution in [0, 0.1) is 18.8 Å². The van der Waals surface area contributed by atoms with Gasteiger partial charge in [-0.1, -0.05) is 43.5 Å². The van der Waals surface area contributed by atoms with Crippen LogP contribution in [-0.2, 0) is 0 Å². The van der Waals surface area contributed by atoms with Gasteiger partial charge in [0.15, 0.2) is 0 Å². The van der Waals surface area contributed by atoms with E-state index in [0.29, 0.717) is 12.0 Å². The van der Waals surface area contributed by atoms with Crippen molar-refractivity contribution in [3.63, 3.8) is 0 Å². The SMILES string of the molecule is Cc1cc(Cl)c(NC2CC(C)CCC2C)cc1Cl. The lowest BCUT2D eigenvalue weighted by molar-refractivity contribution is 0.281. The van der Waals surface area contributed by atoms with Crippen molar-refractivity contribution < 1.29 is 0 Å². The summed E-state index contributed by atoms with van der Waals surface area (Å²) in [4.78, 5) is 0. The Balaban J connectivity index is 2.15. The molecule has 2 rings (SSSR count). The van der Waals surface area contributed by atoms with Crippen molar-refractivity contribution in [2.45, 2.75) is 46.1 Å². The van der Waals surface area contributed by atoms with Gasteiger partial charge < -0.3 is 5.32 Å². The fourth-order valence-corrected chi connectivity index (χ4v) is 3.13. The van der Waals surface area contributed by atoms with Gasteiger partial charge in [-0.15, -0.1) is 0 Å². The molecule has 3 heteroatoms. The molecule has 1 nitrogen and oxygen atoms in total. The lowest BCUT2D eigenvalue weighted by Gasteiger charge is -2.34. The van der Waals surface area contributed by atoms with E-state index in [0.717, 1.165) is 27.2 Å². The zero-order valence-electron chi connectivity index (χ0n) is 11.3. The second-order valence-electron chi connectivity index (χ2n) is 5.73. The Morgan fingerprint density at radius 3 is 2.56 bits per heavy atom. The Kier molecular flexibility index (Phi) is 4.45. The fraction of sp³-hybridized carbons (Fsp3) is 0.600. The number of aryl methyl sites for hydroxylation is 1. The lowest BCUT2D eigenvalue weighted by Crippen LogP contribution is -2.33. The van der Waals surface area contributed by atoms with Crippen LogP contribution >= 0.6 is 23.2 Å². The summed E-state index contributed by atoms with van der Waals surface area (Å²) in [7, 11) is 0. The van der Waals surface area contributed by atoms with Crippen molar-refractivity contribution >= 4 is 28.9 Å². The van der Waals surface area contributed by atoms with Crippen molar-refractivity contribution in [1.29, 1.82) is 0 Å². The molecule has 0 saturated heterocycles. The molecule has 18 heavy (non-hydrogen) atoms. The van der Waals surface area contributed by atoms with Crippen molar-refractivity contribution in [1.82, 2.24) is 0 Å². The highest BCUT2D eigenvalue weighted by Crippen LogP contribution is 2.34. The van der Waals surface area contributed by atoms with E-state index in [1.54, 1.807) is 0 Å². The molecule has 0 spiro atoms. The highest BCUT2D eigenvalue weighted by Gasteiger charge is 2.25. The average Bonchev–Trinajstić information content (AvgIpc) is 2.30. The van der Waals surface area contributed by atoms with Crippen LogP contribution in [0.4, 0.5) is 5.69 Å². The fourth-order valence-electron chi connectivity index (χ4n) is 2.69. The van der Waals surface area contributed by atoms with Gasteiger partial charge in [-0.3, -0.25) is 0 Å². The lowest BCUT2D eigenvalue weighted by atomic mass is 9.80. The first-order chi connectivity index (χ1) is 8.47. The molecule has 3 atom stereocenters. The van der Waals surface area contributed by atoms with Crippen LogP contribution in [0.15, 0.2) is 12.1 Å². The quantitative estimate of drug-likeness (QED) is 0.752. The minimum Gasteiger partial charge on any atom is -0.381 e. The normalized spacial score (nSPS) is 28.2. The summed E-state index contributed by atoms with van der Waals surface area (Å²) in [6.45, 7) is 6.61. The zero-order chi connectivity index (χ0) is 13.3. The van der Waals surface area contributed by atoms with Crippen molar-refractivity contribution in [3.05, 3.63) is 27.7 Å². The van der Waals surface area contributed by atoms with Crippen LogP contribution in [-0.4, -0.2) is 6.04 Å². The third-order valence-corrected chi connectivity index (χ3v) is 4.77. The number of hydrogen-bond acceptors (Lipinski definition) is 1.